The van der Waals surface area contributed by atoms with Gasteiger partial charge in [-0.2, -0.15) is 0 Å². The van der Waals surface area contributed by atoms with Crippen LogP contribution >= 0.6 is 24.8 Å². The van der Waals surface area contributed by atoms with Crippen LogP contribution in [0, 0.1) is 0 Å². The van der Waals surface area contributed by atoms with E-state index in [4.69, 9.17) is 0 Å². The van der Waals surface area contributed by atoms with Crippen LogP contribution in [0.15, 0.2) is 24.5 Å². The van der Waals surface area contributed by atoms with Gasteiger partial charge in [0.2, 0.25) is 5.91 Å². The standard InChI is InChI=1S/C13H19N3O.2ClH/c1-16(10-11-5-4-7-14-9-11)13(17)12-6-2-3-8-15-12;;/h4-5,7,9,12,15H,2-3,6,8,10H2,1H3;2*1H/t12-;;/m1../s1. The molecule has 0 aliphatic carbocycles. The van der Waals surface area contributed by atoms with Crippen LogP contribution in [0.4, 0.5) is 0 Å². The number of halogens is 2. The molecule has 6 heteroatoms. The second-order valence-corrected chi connectivity index (χ2v) is 4.56. The van der Waals surface area contributed by atoms with Gasteiger partial charge in [0.15, 0.2) is 0 Å². The Balaban J connectivity index is 0.00000162. The lowest BCUT2D eigenvalue weighted by atomic mass is 10.0. The molecule has 1 fully saturated rings. The number of nitrogens with zero attached hydrogens (tertiary/aromatic N) is 2. The maximum Gasteiger partial charge on any atom is 0.239 e. The van der Waals surface area contributed by atoms with E-state index in [0.29, 0.717) is 6.54 Å². The van der Waals surface area contributed by atoms with Crippen LogP contribution in [0.1, 0.15) is 24.8 Å². The molecule has 1 aromatic rings. The van der Waals surface area contributed by atoms with Gasteiger partial charge < -0.3 is 10.2 Å². The minimum Gasteiger partial charge on any atom is -0.340 e. The van der Waals surface area contributed by atoms with Crippen molar-refractivity contribution in [2.45, 2.75) is 31.8 Å². The van der Waals surface area contributed by atoms with Crippen molar-refractivity contribution in [1.29, 1.82) is 0 Å². The predicted molar refractivity (Wildman–Crippen MR) is 80.8 cm³/mol. The summed E-state index contributed by atoms with van der Waals surface area (Å²) in [5.74, 6) is 0.188. The Morgan fingerprint density at radius 1 is 1.47 bits per heavy atom. The van der Waals surface area contributed by atoms with Gasteiger partial charge in [-0.05, 0) is 31.0 Å². The number of carbonyl (C=O) groups excluding carboxylic acids is 1. The fraction of sp³-hybridized carbons (Fsp3) is 0.538. The quantitative estimate of drug-likeness (QED) is 0.929. The molecule has 2 heterocycles. The summed E-state index contributed by atoms with van der Waals surface area (Å²) in [6.45, 7) is 1.59. The number of nitrogens with one attached hydrogen (secondary N) is 1. The first kappa shape index (κ1) is 18.2. The van der Waals surface area contributed by atoms with E-state index < -0.39 is 0 Å². The third-order valence-corrected chi connectivity index (χ3v) is 3.13. The van der Waals surface area contributed by atoms with E-state index in [2.05, 4.69) is 10.3 Å². The van der Waals surface area contributed by atoms with Gasteiger partial charge >= 0.3 is 0 Å². The fourth-order valence-corrected chi connectivity index (χ4v) is 2.17. The van der Waals surface area contributed by atoms with Crippen molar-refractivity contribution in [1.82, 2.24) is 15.2 Å². The van der Waals surface area contributed by atoms with Crippen LogP contribution in [0.2, 0.25) is 0 Å². The second kappa shape index (κ2) is 9.13. The van der Waals surface area contributed by atoms with Crippen molar-refractivity contribution in [3.63, 3.8) is 0 Å². The molecule has 1 aliphatic rings. The Hall–Kier alpha value is -0.840. The van der Waals surface area contributed by atoms with Crippen LogP contribution in [-0.2, 0) is 11.3 Å². The largest absolute Gasteiger partial charge is 0.340 e. The highest BCUT2D eigenvalue weighted by atomic mass is 35.5. The van der Waals surface area contributed by atoms with E-state index >= 15 is 0 Å². The summed E-state index contributed by atoms with van der Waals surface area (Å²) in [5, 5.41) is 3.28. The van der Waals surface area contributed by atoms with Crippen molar-refractivity contribution in [3.8, 4) is 0 Å². The summed E-state index contributed by atoms with van der Waals surface area (Å²) in [5.41, 5.74) is 1.07. The SMILES string of the molecule is CN(Cc1cccnc1)C(=O)[C@H]1CCCCN1.Cl.Cl. The van der Waals surface area contributed by atoms with Crippen molar-refractivity contribution < 1.29 is 4.79 Å². The molecule has 0 aromatic carbocycles. The number of carbonyl (C=O) groups is 1. The number of likely N-dealkylation sites (N-methyl/N-ethyl adjacent to an activating group) is 1. The van der Waals surface area contributed by atoms with Crippen molar-refractivity contribution in [2.75, 3.05) is 13.6 Å². The number of rotatable bonds is 3. The zero-order valence-electron chi connectivity index (χ0n) is 11.0. The fourth-order valence-electron chi connectivity index (χ4n) is 2.17. The van der Waals surface area contributed by atoms with Crippen LogP contribution < -0.4 is 5.32 Å². The second-order valence-electron chi connectivity index (χ2n) is 4.56. The highest BCUT2D eigenvalue weighted by Crippen LogP contribution is 2.10. The Labute approximate surface area is 126 Å². The van der Waals surface area contributed by atoms with E-state index in [-0.39, 0.29) is 36.8 Å². The minimum atomic E-state index is 0. The Morgan fingerprint density at radius 3 is 2.84 bits per heavy atom. The number of aromatic nitrogens is 1. The molecule has 1 aliphatic heterocycles. The van der Waals surface area contributed by atoms with E-state index in [9.17, 15) is 4.79 Å². The van der Waals surface area contributed by atoms with Gasteiger partial charge in [0.05, 0.1) is 6.04 Å². The number of pyridine rings is 1. The molecule has 108 valence electrons. The van der Waals surface area contributed by atoms with Crippen LogP contribution in [0.25, 0.3) is 0 Å². The highest BCUT2D eigenvalue weighted by molar-refractivity contribution is 5.85. The summed E-state index contributed by atoms with van der Waals surface area (Å²) >= 11 is 0. The summed E-state index contributed by atoms with van der Waals surface area (Å²) in [4.78, 5) is 18.0. The zero-order chi connectivity index (χ0) is 12.1. The van der Waals surface area contributed by atoms with E-state index in [1.807, 2.05) is 19.2 Å². The Bertz CT molecular complexity index is 369. The molecule has 0 radical (unpaired) electrons. The molecule has 0 unspecified atom stereocenters. The monoisotopic (exact) mass is 305 g/mol. The molecular weight excluding hydrogens is 285 g/mol. The highest BCUT2D eigenvalue weighted by Gasteiger charge is 2.23. The predicted octanol–water partition coefficient (Wildman–Crippen LogP) is 2.03. The molecule has 1 saturated heterocycles. The lowest BCUT2D eigenvalue weighted by Gasteiger charge is -2.27. The van der Waals surface area contributed by atoms with E-state index in [1.54, 1.807) is 17.3 Å². The molecule has 0 saturated carbocycles. The summed E-state index contributed by atoms with van der Waals surface area (Å²) in [7, 11) is 1.85. The third-order valence-electron chi connectivity index (χ3n) is 3.13. The van der Waals surface area contributed by atoms with Crippen LogP contribution in [0.3, 0.4) is 0 Å². The smallest absolute Gasteiger partial charge is 0.239 e. The molecule has 2 rings (SSSR count). The number of hydrogen-bond acceptors (Lipinski definition) is 3. The van der Waals surface area contributed by atoms with Crippen LogP contribution in [0.5, 0.6) is 0 Å². The lowest BCUT2D eigenvalue weighted by molar-refractivity contribution is -0.133. The lowest BCUT2D eigenvalue weighted by Crippen LogP contribution is -2.46. The van der Waals surface area contributed by atoms with Gasteiger partial charge in [-0.3, -0.25) is 9.78 Å². The van der Waals surface area contributed by atoms with E-state index in [0.717, 1.165) is 24.9 Å². The summed E-state index contributed by atoms with van der Waals surface area (Å²) in [6.07, 6.45) is 6.82. The first-order chi connectivity index (χ1) is 8.27. The van der Waals surface area contributed by atoms with Crippen molar-refractivity contribution in [2.24, 2.45) is 0 Å². The average molecular weight is 306 g/mol. The topological polar surface area (TPSA) is 45.2 Å². The molecule has 1 aromatic heterocycles. The Kier molecular flexibility index (Phi) is 8.72. The molecule has 1 atom stereocenters. The Morgan fingerprint density at radius 2 is 2.26 bits per heavy atom. The molecule has 0 bridgehead atoms. The van der Waals surface area contributed by atoms with Gasteiger partial charge in [-0.1, -0.05) is 12.5 Å². The van der Waals surface area contributed by atoms with E-state index in [1.165, 1.54) is 6.42 Å². The van der Waals surface area contributed by atoms with Gasteiger partial charge in [0.25, 0.3) is 0 Å². The van der Waals surface area contributed by atoms with Gasteiger partial charge in [0, 0.05) is 26.0 Å². The molecule has 19 heavy (non-hydrogen) atoms. The first-order valence-electron chi connectivity index (χ1n) is 6.14. The first-order valence-corrected chi connectivity index (χ1v) is 6.14. The molecule has 4 nitrogen and oxygen atoms in total. The maximum absolute atomic E-state index is 12.1. The minimum absolute atomic E-state index is 0. The van der Waals surface area contributed by atoms with Crippen molar-refractivity contribution in [3.05, 3.63) is 30.1 Å². The molecule has 1 N–H and O–H groups in total. The summed E-state index contributed by atoms with van der Waals surface area (Å²) in [6, 6.07) is 3.89. The zero-order valence-corrected chi connectivity index (χ0v) is 12.7. The normalized spacial score (nSPS) is 17.8. The average Bonchev–Trinajstić information content (AvgIpc) is 2.40. The molecule has 0 spiro atoms. The van der Waals surface area contributed by atoms with Crippen LogP contribution in [-0.4, -0.2) is 35.4 Å². The van der Waals surface area contributed by atoms with Gasteiger partial charge in [-0.25, -0.2) is 0 Å². The number of amides is 1. The maximum atomic E-state index is 12.1. The van der Waals surface area contributed by atoms with Crippen molar-refractivity contribution >= 4 is 30.7 Å². The number of hydrogen-bond donors (Lipinski definition) is 1. The molecular formula is C13H21Cl2N3O. The summed E-state index contributed by atoms with van der Waals surface area (Å²) < 4.78 is 0. The molecule has 1 amide bonds. The number of piperidine rings is 1. The van der Waals surface area contributed by atoms with Gasteiger partial charge in [-0.15, -0.1) is 24.8 Å². The van der Waals surface area contributed by atoms with Gasteiger partial charge in [0.1, 0.15) is 0 Å². The third kappa shape index (κ3) is 5.35.